The van der Waals surface area contributed by atoms with Gasteiger partial charge in [0.25, 0.3) is 5.91 Å². The van der Waals surface area contributed by atoms with Gasteiger partial charge in [0, 0.05) is 17.2 Å². The molecular weight excluding hydrogens is 268 g/mol. The van der Waals surface area contributed by atoms with Crippen LogP contribution in [-0.4, -0.2) is 16.9 Å². The second-order valence-corrected chi connectivity index (χ2v) is 6.17. The number of amides is 1. The van der Waals surface area contributed by atoms with Gasteiger partial charge in [-0.1, -0.05) is 44.1 Å². The summed E-state index contributed by atoms with van der Waals surface area (Å²) in [6.45, 7) is 2.29. The smallest absolute Gasteiger partial charge is 0.251 e. The zero-order valence-corrected chi connectivity index (χ0v) is 12.7. The lowest BCUT2D eigenvalue weighted by molar-refractivity contribution is 0.0933. The van der Waals surface area contributed by atoms with Crippen molar-refractivity contribution in [2.75, 3.05) is 0 Å². The van der Waals surface area contributed by atoms with E-state index in [1.54, 1.807) is 12.1 Å². The Bertz CT molecular complexity index is 501. The topological polar surface area (TPSA) is 55.1 Å². The fourth-order valence-electron chi connectivity index (χ4n) is 2.71. The van der Waals surface area contributed by atoms with E-state index in [0.717, 1.165) is 24.3 Å². The maximum atomic E-state index is 12.3. The molecule has 0 aromatic heterocycles. The summed E-state index contributed by atoms with van der Waals surface area (Å²) in [5.74, 6) is 0.748. The average Bonchev–Trinajstić information content (AvgIpc) is 2.64. The number of carbonyl (C=O) groups excluding carboxylic acids is 1. The van der Waals surface area contributed by atoms with E-state index in [2.05, 4.69) is 12.2 Å². The largest absolute Gasteiger partial charge is 0.389 e. The van der Waals surface area contributed by atoms with Crippen molar-refractivity contribution in [1.29, 1.82) is 0 Å². The lowest BCUT2D eigenvalue weighted by Crippen LogP contribution is -2.34. The first-order chi connectivity index (χ1) is 9.56. The Labute approximate surface area is 125 Å². The second kappa shape index (κ2) is 6.84. The van der Waals surface area contributed by atoms with Crippen molar-refractivity contribution in [2.24, 2.45) is 11.7 Å². The Morgan fingerprint density at radius 1 is 1.25 bits per heavy atom. The van der Waals surface area contributed by atoms with Gasteiger partial charge < -0.3 is 11.1 Å². The maximum Gasteiger partial charge on any atom is 0.251 e. The molecular formula is C16H22N2OS. The molecule has 3 nitrogen and oxygen atoms in total. The Morgan fingerprint density at radius 3 is 2.75 bits per heavy atom. The quantitative estimate of drug-likeness (QED) is 0.664. The summed E-state index contributed by atoms with van der Waals surface area (Å²) >= 11 is 4.95. The monoisotopic (exact) mass is 290 g/mol. The van der Waals surface area contributed by atoms with Crippen molar-refractivity contribution in [3.63, 3.8) is 0 Å². The van der Waals surface area contributed by atoms with E-state index in [9.17, 15) is 4.79 Å². The normalized spacial score (nSPS) is 22.9. The van der Waals surface area contributed by atoms with Crippen LogP contribution in [0.5, 0.6) is 0 Å². The van der Waals surface area contributed by atoms with E-state index in [4.69, 9.17) is 18.0 Å². The molecule has 1 amide bonds. The molecule has 2 atom stereocenters. The molecule has 4 heteroatoms. The highest BCUT2D eigenvalue weighted by molar-refractivity contribution is 7.80. The van der Waals surface area contributed by atoms with Crippen LogP contribution in [0.4, 0.5) is 0 Å². The first kappa shape index (κ1) is 15.0. The van der Waals surface area contributed by atoms with Crippen molar-refractivity contribution >= 4 is 23.1 Å². The first-order valence-corrected chi connectivity index (χ1v) is 7.68. The summed E-state index contributed by atoms with van der Waals surface area (Å²) in [5.41, 5.74) is 6.97. The Morgan fingerprint density at radius 2 is 2.00 bits per heavy atom. The zero-order valence-electron chi connectivity index (χ0n) is 11.9. The lowest BCUT2D eigenvalue weighted by Gasteiger charge is -2.16. The molecule has 1 aliphatic rings. The molecule has 0 heterocycles. The second-order valence-electron chi connectivity index (χ2n) is 5.73. The number of nitrogens with two attached hydrogens (primary N) is 1. The number of thiocarbonyl (C=S) groups is 1. The summed E-state index contributed by atoms with van der Waals surface area (Å²) in [5, 5.41) is 3.14. The molecule has 0 saturated heterocycles. The molecule has 0 radical (unpaired) electrons. The van der Waals surface area contributed by atoms with E-state index in [1.165, 1.54) is 19.3 Å². The van der Waals surface area contributed by atoms with Crippen molar-refractivity contribution in [1.82, 2.24) is 5.32 Å². The van der Waals surface area contributed by atoms with Crippen LogP contribution in [0.1, 0.15) is 54.9 Å². The molecule has 108 valence electrons. The van der Waals surface area contributed by atoms with Crippen LogP contribution < -0.4 is 11.1 Å². The molecule has 1 saturated carbocycles. The Kier molecular flexibility index (Phi) is 5.12. The minimum Gasteiger partial charge on any atom is -0.389 e. The molecule has 1 aromatic rings. The fourth-order valence-corrected chi connectivity index (χ4v) is 2.84. The summed E-state index contributed by atoms with van der Waals surface area (Å²) in [7, 11) is 0. The van der Waals surface area contributed by atoms with Gasteiger partial charge in [0.2, 0.25) is 0 Å². The van der Waals surface area contributed by atoms with Crippen molar-refractivity contribution in [3.8, 4) is 0 Å². The van der Waals surface area contributed by atoms with Crippen molar-refractivity contribution in [3.05, 3.63) is 35.4 Å². The predicted molar refractivity (Wildman–Crippen MR) is 85.8 cm³/mol. The van der Waals surface area contributed by atoms with Crippen LogP contribution in [0.2, 0.25) is 0 Å². The highest BCUT2D eigenvalue weighted by Gasteiger charge is 2.18. The predicted octanol–water partition coefficient (Wildman–Crippen LogP) is 3.02. The van der Waals surface area contributed by atoms with Gasteiger partial charge in [0.1, 0.15) is 4.99 Å². The number of hydrogen-bond acceptors (Lipinski definition) is 2. The molecule has 0 spiro atoms. The third kappa shape index (κ3) is 4.04. The third-order valence-electron chi connectivity index (χ3n) is 4.00. The molecule has 3 N–H and O–H groups in total. The lowest BCUT2D eigenvalue weighted by atomic mass is 10.0. The summed E-state index contributed by atoms with van der Waals surface area (Å²) in [6.07, 6.45) is 5.80. The van der Waals surface area contributed by atoms with Gasteiger partial charge in [-0.25, -0.2) is 0 Å². The van der Waals surface area contributed by atoms with Crippen LogP contribution in [0.3, 0.4) is 0 Å². The van der Waals surface area contributed by atoms with Crippen LogP contribution in [0.15, 0.2) is 24.3 Å². The zero-order chi connectivity index (χ0) is 14.5. The van der Waals surface area contributed by atoms with E-state index in [-0.39, 0.29) is 5.91 Å². The number of carbonyl (C=O) groups is 1. The number of hydrogen-bond donors (Lipinski definition) is 2. The standard InChI is InChI=1S/C16H22N2OS/c1-11-4-2-7-14(9-8-11)18-16(19)13-6-3-5-12(10-13)15(17)20/h3,5-6,10-11,14H,2,4,7-9H2,1H3,(H2,17,20)(H,18,19). The van der Waals surface area contributed by atoms with Gasteiger partial charge in [-0.15, -0.1) is 0 Å². The van der Waals surface area contributed by atoms with Crippen molar-refractivity contribution in [2.45, 2.75) is 45.1 Å². The molecule has 0 bridgehead atoms. The van der Waals surface area contributed by atoms with E-state index in [1.807, 2.05) is 12.1 Å². The third-order valence-corrected chi connectivity index (χ3v) is 4.24. The van der Waals surface area contributed by atoms with Crippen LogP contribution >= 0.6 is 12.2 Å². The Hall–Kier alpha value is -1.42. The molecule has 1 aromatic carbocycles. The van der Waals surface area contributed by atoms with Crippen LogP contribution in [0, 0.1) is 5.92 Å². The molecule has 1 aliphatic carbocycles. The van der Waals surface area contributed by atoms with Crippen LogP contribution in [0.25, 0.3) is 0 Å². The fraction of sp³-hybridized carbons (Fsp3) is 0.500. The highest BCUT2D eigenvalue weighted by atomic mass is 32.1. The SMILES string of the molecule is CC1CCCC(NC(=O)c2cccc(C(N)=S)c2)CC1. The molecule has 2 rings (SSSR count). The average molecular weight is 290 g/mol. The van der Waals surface area contributed by atoms with Gasteiger partial charge in [-0.3, -0.25) is 4.79 Å². The number of rotatable bonds is 3. The van der Waals surface area contributed by atoms with E-state index >= 15 is 0 Å². The molecule has 1 fully saturated rings. The van der Waals surface area contributed by atoms with Gasteiger partial charge in [0.15, 0.2) is 0 Å². The first-order valence-electron chi connectivity index (χ1n) is 7.27. The summed E-state index contributed by atoms with van der Waals surface area (Å²) in [4.78, 5) is 12.6. The van der Waals surface area contributed by atoms with Gasteiger partial charge in [-0.05, 0) is 37.3 Å². The minimum atomic E-state index is -0.0253. The number of benzene rings is 1. The van der Waals surface area contributed by atoms with E-state index < -0.39 is 0 Å². The number of nitrogens with one attached hydrogen (secondary N) is 1. The highest BCUT2D eigenvalue weighted by Crippen LogP contribution is 2.22. The van der Waals surface area contributed by atoms with Crippen molar-refractivity contribution < 1.29 is 4.79 Å². The van der Waals surface area contributed by atoms with Gasteiger partial charge in [-0.2, -0.15) is 0 Å². The van der Waals surface area contributed by atoms with E-state index in [0.29, 0.717) is 16.6 Å². The van der Waals surface area contributed by atoms with Gasteiger partial charge in [0.05, 0.1) is 0 Å². The Balaban J connectivity index is 2.00. The molecule has 0 aliphatic heterocycles. The summed E-state index contributed by atoms with van der Waals surface area (Å²) < 4.78 is 0. The molecule has 20 heavy (non-hydrogen) atoms. The molecule has 2 unspecified atom stereocenters. The van der Waals surface area contributed by atoms with Crippen LogP contribution in [-0.2, 0) is 0 Å². The van der Waals surface area contributed by atoms with Gasteiger partial charge >= 0.3 is 0 Å². The summed E-state index contributed by atoms with van der Waals surface area (Å²) in [6, 6.07) is 7.50. The minimum absolute atomic E-state index is 0.0253. The maximum absolute atomic E-state index is 12.3.